The zero-order valence-electron chi connectivity index (χ0n) is 21.6. The van der Waals surface area contributed by atoms with Crippen LogP contribution in [-0.2, 0) is 4.79 Å². The van der Waals surface area contributed by atoms with Crippen LogP contribution in [-0.4, -0.2) is 49.1 Å². The van der Waals surface area contributed by atoms with Crippen molar-refractivity contribution < 1.29 is 9.72 Å². The van der Waals surface area contributed by atoms with Gasteiger partial charge in [0.2, 0.25) is 5.91 Å². The maximum Gasteiger partial charge on any atom is 0.324 e. The molecule has 0 spiro atoms. The Morgan fingerprint density at radius 3 is 2.44 bits per heavy atom. The third-order valence-corrected chi connectivity index (χ3v) is 9.64. The van der Waals surface area contributed by atoms with Crippen LogP contribution < -0.4 is 5.32 Å². The number of amides is 1. The Hall–Kier alpha value is -2.33. The fourth-order valence-corrected chi connectivity index (χ4v) is 7.63. The van der Waals surface area contributed by atoms with E-state index in [-0.39, 0.29) is 27.8 Å². The standard InChI is InChI=1S/C26H38N6O3S/c1-16(2)25-29-28-17(3)31(25)21-14-19-8-9-20(15-21)30(19)13-12-22(23-10-11-24(36-23)32(34)35)27-26(33)18-6-4-5-7-18/h10-11,16,18-22H,4-9,12-15H2,1-3H3,(H,27,33)/t19-,20+,21?,22-/m0/s1. The Kier molecular flexibility index (Phi) is 7.44. The second-order valence-corrected chi connectivity index (χ2v) is 12.2. The highest BCUT2D eigenvalue weighted by atomic mass is 32.1. The number of nitrogens with zero attached hydrogens (tertiary/aromatic N) is 5. The number of carbonyl (C=O) groups is 1. The molecule has 9 nitrogen and oxygen atoms in total. The second kappa shape index (κ2) is 10.6. The van der Waals surface area contributed by atoms with Crippen LogP contribution in [0, 0.1) is 23.0 Å². The van der Waals surface area contributed by atoms with Crippen molar-refractivity contribution in [2.75, 3.05) is 6.54 Å². The smallest absolute Gasteiger partial charge is 0.324 e. The number of aromatic nitrogens is 3. The summed E-state index contributed by atoms with van der Waals surface area (Å²) in [6.45, 7) is 7.31. The number of fused-ring (bicyclic) bond motifs is 2. The van der Waals surface area contributed by atoms with E-state index in [1.54, 1.807) is 6.07 Å². The second-order valence-electron chi connectivity index (χ2n) is 11.1. The third-order valence-electron chi connectivity index (χ3n) is 8.49. The van der Waals surface area contributed by atoms with Gasteiger partial charge in [-0.3, -0.25) is 19.8 Å². The zero-order chi connectivity index (χ0) is 25.4. The number of hydrogen-bond acceptors (Lipinski definition) is 7. The van der Waals surface area contributed by atoms with Gasteiger partial charge in [0.15, 0.2) is 0 Å². The summed E-state index contributed by atoms with van der Waals surface area (Å²) >= 11 is 1.19. The predicted octanol–water partition coefficient (Wildman–Crippen LogP) is 5.29. The summed E-state index contributed by atoms with van der Waals surface area (Å²) in [6.07, 6.45) is 9.47. The Balaban J connectivity index is 1.28. The summed E-state index contributed by atoms with van der Waals surface area (Å²) in [7, 11) is 0. The van der Waals surface area contributed by atoms with Crippen molar-refractivity contribution in [3.05, 3.63) is 38.8 Å². The molecule has 1 aliphatic carbocycles. The third kappa shape index (κ3) is 5.07. The van der Waals surface area contributed by atoms with Gasteiger partial charge in [-0.2, -0.15) is 0 Å². The summed E-state index contributed by atoms with van der Waals surface area (Å²) < 4.78 is 2.38. The molecule has 0 aromatic carbocycles. The van der Waals surface area contributed by atoms with Gasteiger partial charge in [0, 0.05) is 47.4 Å². The minimum Gasteiger partial charge on any atom is -0.348 e. The first-order chi connectivity index (χ1) is 17.3. The first kappa shape index (κ1) is 25.3. The van der Waals surface area contributed by atoms with Gasteiger partial charge >= 0.3 is 5.00 Å². The van der Waals surface area contributed by atoms with E-state index in [1.807, 2.05) is 6.07 Å². The molecule has 1 amide bonds. The molecule has 10 heteroatoms. The van der Waals surface area contributed by atoms with Crippen molar-refractivity contribution in [1.29, 1.82) is 0 Å². The molecule has 1 N–H and O–H groups in total. The zero-order valence-corrected chi connectivity index (χ0v) is 22.4. The van der Waals surface area contributed by atoms with Crippen LogP contribution >= 0.6 is 11.3 Å². The number of nitrogens with one attached hydrogen (secondary N) is 1. The lowest BCUT2D eigenvalue weighted by molar-refractivity contribution is -0.380. The highest BCUT2D eigenvalue weighted by Crippen LogP contribution is 2.43. The summed E-state index contributed by atoms with van der Waals surface area (Å²) in [5, 5.41) is 23.6. The quantitative estimate of drug-likeness (QED) is 0.360. The molecule has 0 radical (unpaired) electrons. The van der Waals surface area contributed by atoms with Crippen LogP contribution in [0.2, 0.25) is 0 Å². The predicted molar refractivity (Wildman–Crippen MR) is 139 cm³/mol. The van der Waals surface area contributed by atoms with E-state index >= 15 is 0 Å². The van der Waals surface area contributed by atoms with Gasteiger partial charge in [0.05, 0.1) is 11.0 Å². The van der Waals surface area contributed by atoms with Crippen molar-refractivity contribution in [2.24, 2.45) is 5.92 Å². The van der Waals surface area contributed by atoms with Gasteiger partial charge in [-0.25, -0.2) is 0 Å². The molecule has 2 saturated heterocycles. The first-order valence-corrected chi connectivity index (χ1v) is 14.3. The van der Waals surface area contributed by atoms with Crippen molar-refractivity contribution >= 4 is 22.2 Å². The first-order valence-electron chi connectivity index (χ1n) is 13.5. The summed E-state index contributed by atoms with van der Waals surface area (Å²) in [6, 6.07) is 4.67. The van der Waals surface area contributed by atoms with Gasteiger partial charge < -0.3 is 9.88 Å². The van der Waals surface area contributed by atoms with Crippen molar-refractivity contribution in [1.82, 2.24) is 25.0 Å². The molecule has 1 saturated carbocycles. The van der Waals surface area contributed by atoms with E-state index in [9.17, 15) is 14.9 Å². The molecule has 4 atom stereocenters. The monoisotopic (exact) mass is 514 g/mol. The molecule has 1 unspecified atom stereocenters. The number of nitro groups is 1. The van der Waals surface area contributed by atoms with Crippen LogP contribution in [0.25, 0.3) is 0 Å². The topological polar surface area (TPSA) is 106 Å². The Morgan fingerprint density at radius 2 is 1.83 bits per heavy atom. The van der Waals surface area contributed by atoms with Crippen LogP contribution in [0.15, 0.2) is 12.1 Å². The lowest BCUT2D eigenvalue weighted by atomic mass is 9.95. The fourth-order valence-electron chi connectivity index (χ4n) is 6.72. The number of thiophene rings is 1. The molecule has 5 rings (SSSR count). The molecule has 4 heterocycles. The van der Waals surface area contributed by atoms with Crippen molar-refractivity contribution in [2.45, 2.75) is 109 Å². The highest BCUT2D eigenvalue weighted by Gasteiger charge is 2.42. The van der Waals surface area contributed by atoms with E-state index < -0.39 is 0 Å². The highest BCUT2D eigenvalue weighted by molar-refractivity contribution is 7.15. The van der Waals surface area contributed by atoms with Gasteiger partial charge in [-0.15, -0.1) is 10.2 Å². The molecule has 2 bridgehead atoms. The maximum atomic E-state index is 13.0. The normalized spacial score (nSPS) is 25.5. The number of piperidine rings is 1. The van der Waals surface area contributed by atoms with Gasteiger partial charge in [-0.1, -0.05) is 38.0 Å². The van der Waals surface area contributed by atoms with Crippen molar-refractivity contribution in [3.63, 3.8) is 0 Å². The lowest BCUT2D eigenvalue weighted by Gasteiger charge is -2.40. The van der Waals surface area contributed by atoms with E-state index in [4.69, 9.17) is 0 Å². The minimum atomic E-state index is -0.340. The van der Waals surface area contributed by atoms with Crippen LogP contribution in [0.1, 0.15) is 106 Å². The van der Waals surface area contributed by atoms with Crippen LogP contribution in [0.5, 0.6) is 0 Å². The average Bonchev–Trinajstić information content (AvgIpc) is 3.63. The number of aryl methyl sites for hydroxylation is 1. The summed E-state index contributed by atoms with van der Waals surface area (Å²) in [5.74, 6) is 2.63. The van der Waals surface area contributed by atoms with Crippen molar-refractivity contribution in [3.8, 4) is 0 Å². The molecular formula is C26H38N6O3S. The Labute approximate surface area is 216 Å². The largest absolute Gasteiger partial charge is 0.348 e. The fraction of sp³-hybridized carbons (Fsp3) is 0.731. The number of hydrogen-bond donors (Lipinski definition) is 1. The molecular weight excluding hydrogens is 476 g/mol. The molecule has 2 aromatic rings. The Bertz CT molecular complexity index is 1080. The van der Waals surface area contributed by atoms with Crippen LogP contribution in [0.4, 0.5) is 5.00 Å². The minimum absolute atomic E-state index is 0.0801. The lowest BCUT2D eigenvalue weighted by Crippen LogP contribution is -2.45. The summed E-state index contributed by atoms with van der Waals surface area (Å²) in [4.78, 5) is 27.5. The van der Waals surface area contributed by atoms with Crippen LogP contribution in [0.3, 0.4) is 0 Å². The van der Waals surface area contributed by atoms with E-state index in [0.29, 0.717) is 24.0 Å². The Morgan fingerprint density at radius 1 is 1.14 bits per heavy atom. The molecule has 2 aliphatic heterocycles. The average molecular weight is 515 g/mol. The molecule has 36 heavy (non-hydrogen) atoms. The number of carbonyl (C=O) groups excluding carboxylic acids is 1. The van der Waals surface area contributed by atoms with Gasteiger partial charge in [0.25, 0.3) is 0 Å². The molecule has 2 aromatic heterocycles. The maximum absolute atomic E-state index is 13.0. The molecule has 3 fully saturated rings. The van der Waals surface area contributed by atoms with Gasteiger partial charge in [-0.05, 0) is 57.9 Å². The summed E-state index contributed by atoms with van der Waals surface area (Å²) in [5.41, 5.74) is 0. The van der Waals surface area contributed by atoms with E-state index in [1.165, 1.54) is 24.2 Å². The van der Waals surface area contributed by atoms with E-state index in [0.717, 1.165) is 68.0 Å². The molecule has 196 valence electrons. The molecule has 3 aliphatic rings. The number of rotatable bonds is 9. The van der Waals surface area contributed by atoms with Gasteiger partial charge in [0.1, 0.15) is 11.6 Å². The van der Waals surface area contributed by atoms with E-state index in [2.05, 4.69) is 45.8 Å². The SMILES string of the molecule is Cc1nnc(C(C)C)n1C1C[C@H]2CC[C@@H](C1)N2CC[C@H](NC(=O)C1CCCC1)c1ccc([N+](=O)[O-])s1.